The summed E-state index contributed by atoms with van der Waals surface area (Å²) in [6, 6.07) is 2.07. The number of ether oxygens (including phenoxy) is 1. The molecule has 1 fully saturated rings. The predicted octanol–water partition coefficient (Wildman–Crippen LogP) is 0.116. The zero-order valence-corrected chi connectivity index (χ0v) is 6.63. The Kier molecular flexibility index (Phi) is 3.23. The van der Waals surface area contributed by atoms with Crippen LogP contribution in [0.15, 0.2) is 4.99 Å². The molecule has 1 rings (SSSR count). The van der Waals surface area contributed by atoms with Crippen LogP contribution in [0.5, 0.6) is 0 Å². The number of morpholine rings is 1. The van der Waals surface area contributed by atoms with Crippen molar-refractivity contribution < 1.29 is 4.74 Å². The van der Waals surface area contributed by atoms with Gasteiger partial charge in [0.2, 0.25) is 0 Å². The molecule has 11 heavy (non-hydrogen) atoms. The van der Waals surface area contributed by atoms with Gasteiger partial charge in [-0.25, -0.2) is 10.4 Å². The first-order chi connectivity index (χ1) is 5.34. The summed E-state index contributed by atoms with van der Waals surface area (Å²) in [5.74, 6) is 0. The summed E-state index contributed by atoms with van der Waals surface area (Å²) in [4.78, 5) is 3.80. The van der Waals surface area contributed by atoms with E-state index in [0.717, 1.165) is 19.7 Å². The minimum absolute atomic E-state index is 0.0419. The number of aliphatic imine (C=N–C) groups is 1. The smallest absolute Gasteiger partial charge is 0.0928 e. The average molecular weight is 155 g/mol. The monoisotopic (exact) mass is 155 g/mol. The molecule has 1 aliphatic heterocycles. The Morgan fingerprint density at radius 1 is 1.82 bits per heavy atom. The Balaban J connectivity index is 2.38. The lowest BCUT2D eigenvalue weighted by Gasteiger charge is -2.25. The molecule has 0 amide bonds. The third kappa shape index (κ3) is 2.42. The maximum Gasteiger partial charge on any atom is 0.0928 e. The van der Waals surface area contributed by atoms with Crippen molar-refractivity contribution in [3.63, 3.8) is 0 Å². The first-order valence-electron chi connectivity index (χ1n) is 3.78. The highest BCUT2D eigenvalue weighted by Gasteiger charge is 2.19. The van der Waals surface area contributed by atoms with Gasteiger partial charge in [-0.3, -0.25) is 0 Å². The molecule has 2 unspecified atom stereocenters. The maximum atomic E-state index is 6.66. The Hall–Kier alpha value is -0.700. The van der Waals surface area contributed by atoms with Crippen molar-refractivity contribution in [2.24, 2.45) is 4.99 Å². The van der Waals surface area contributed by atoms with Gasteiger partial charge < -0.3 is 10.1 Å². The van der Waals surface area contributed by atoms with Crippen LogP contribution in [0.3, 0.4) is 0 Å². The van der Waals surface area contributed by atoms with E-state index in [1.165, 1.54) is 0 Å². The highest BCUT2D eigenvalue weighted by Crippen LogP contribution is 2.04. The van der Waals surface area contributed by atoms with Crippen molar-refractivity contribution in [1.29, 1.82) is 5.41 Å². The summed E-state index contributed by atoms with van der Waals surface area (Å²) in [6.45, 7) is 4.41. The molecule has 1 heterocycles. The quantitative estimate of drug-likeness (QED) is 0.556. The van der Waals surface area contributed by atoms with Gasteiger partial charge in [0.25, 0.3) is 0 Å². The number of nitrogens with one attached hydrogen (secondary N) is 2. The van der Waals surface area contributed by atoms with Crippen LogP contribution in [0.1, 0.15) is 6.92 Å². The minimum atomic E-state index is 0.0419. The molecule has 0 aromatic heterocycles. The van der Waals surface area contributed by atoms with E-state index in [1.54, 1.807) is 0 Å². The van der Waals surface area contributed by atoms with Crippen molar-refractivity contribution in [3.8, 4) is 0 Å². The maximum absolute atomic E-state index is 6.66. The first kappa shape index (κ1) is 8.40. The highest BCUT2D eigenvalue weighted by atomic mass is 16.5. The Morgan fingerprint density at radius 2 is 2.64 bits per heavy atom. The molecule has 0 aromatic carbocycles. The van der Waals surface area contributed by atoms with E-state index in [9.17, 15) is 0 Å². The second-order valence-corrected chi connectivity index (χ2v) is 2.59. The third-order valence-corrected chi connectivity index (χ3v) is 1.76. The summed E-state index contributed by atoms with van der Waals surface area (Å²) < 4.78 is 5.41. The van der Waals surface area contributed by atoms with Crippen LogP contribution in [0.2, 0.25) is 0 Å². The lowest BCUT2D eigenvalue weighted by atomic mass is 10.2. The van der Waals surface area contributed by atoms with Gasteiger partial charge >= 0.3 is 0 Å². The minimum Gasteiger partial charge on any atom is -0.373 e. The van der Waals surface area contributed by atoms with E-state index in [0.29, 0.717) is 0 Å². The van der Waals surface area contributed by atoms with E-state index in [2.05, 4.69) is 10.3 Å². The van der Waals surface area contributed by atoms with Gasteiger partial charge in [-0.05, 0) is 6.92 Å². The first-order valence-corrected chi connectivity index (χ1v) is 3.78. The second-order valence-electron chi connectivity index (χ2n) is 2.59. The van der Waals surface area contributed by atoms with Crippen molar-refractivity contribution in [2.45, 2.75) is 19.1 Å². The topological polar surface area (TPSA) is 57.5 Å². The summed E-state index contributed by atoms with van der Waals surface area (Å²) in [5, 5.41) is 9.86. The molecule has 0 radical (unpaired) electrons. The molecule has 0 aromatic rings. The number of rotatable bonds is 2. The van der Waals surface area contributed by atoms with E-state index in [1.807, 2.05) is 12.9 Å². The van der Waals surface area contributed by atoms with Gasteiger partial charge in [-0.2, -0.15) is 0 Å². The van der Waals surface area contributed by atoms with Crippen LogP contribution in [0.4, 0.5) is 0 Å². The predicted molar refractivity (Wildman–Crippen MR) is 42.2 cm³/mol. The van der Waals surface area contributed by atoms with Crippen LogP contribution in [0, 0.1) is 5.41 Å². The average Bonchev–Trinajstić information content (AvgIpc) is 2.07. The van der Waals surface area contributed by atoms with Crippen molar-refractivity contribution >= 4 is 6.01 Å². The fourth-order valence-electron chi connectivity index (χ4n) is 1.08. The number of nitrogens with zero attached hydrogens (tertiary/aromatic N) is 1. The van der Waals surface area contributed by atoms with Gasteiger partial charge in [0.1, 0.15) is 0 Å². The van der Waals surface area contributed by atoms with E-state index in [-0.39, 0.29) is 12.1 Å². The van der Waals surface area contributed by atoms with Gasteiger partial charge in [0.05, 0.1) is 24.8 Å². The molecule has 4 nitrogen and oxygen atoms in total. The molecule has 1 saturated heterocycles. The summed E-state index contributed by atoms with van der Waals surface area (Å²) in [5.41, 5.74) is 0. The van der Waals surface area contributed by atoms with Gasteiger partial charge in [-0.1, -0.05) is 0 Å². The zero-order chi connectivity index (χ0) is 8.10. The standard InChI is InChI=1S/C7H13N3O/c1-6(10-5-8)7-4-9-2-3-11-7/h6-9H,2-4H2,1H3. The number of hydrogen-bond donors (Lipinski definition) is 2. The number of hydrogen-bond acceptors (Lipinski definition) is 4. The molecule has 62 valence electrons. The molecule has 2 N–H and O–H groups in total. The van der Waals surface area contributed by atoms with E-state index >= 15 is 0 Å². The summed E-state index contributed by atoms with van der Waals surface area (Å²) >= 11 is 0. The Morgan fingerprint density at radius 3 is 3.18 bits per heavy atom. The molecule has 4 heteroatoms. The molecule has 0 saturated carbocycles. The van der Waals surface area contributed by atoms with Crippen LogP contribution < -0.4 is 5.32 Å². The molecule has 0 aliphatic carbocycles. The van der Waals surface area contributed by atoms with Crippen LogP contribution in [-0.4, -0.2) is 37.9 Å². The van der Waals surface area contributed by atoms with Gasteiger partial charge in [0, 0.05) is 13.1 Å². The Bertz CT molecular complexity index is 159. The van der Waals surface area contributed by atoms with Crippen LogP contribution in [-0.2, 0) is 4.74 Å². The summed E-state index contributed by atoms with van der Waals surface area (Å²) in [7, 11) is 0. The fourth-order valence-corrected chi connectivity index (χ4v) is 1.08. The molecular formula is C7H13N3O. The van der Waals surface area contributed by atoms with Crippen LogP contribution >= 0.6 is 0 Å². The van der Waals surface area contributed by atoms with Gasteiger partial charge in [0.15, 0.2) is 0 Å². The van der Waals surface area contributed by atoms with E-state index < -0.39 is 0 Å². The van der Waals surface area contributed by atoms with Crippen molar-refractivity contribution in [1.82, 2.24) is 5.32 Å². The molecule has 0 bridgehead atoms. The molecule has 0 spiro atoms. The SMILES string of the molecule is CC(N=C=N)C1CNCCO1. The van der Waals surface area contributed by atoms with Gasteiger partial charge in [-0.15, -0.1) is 0 Å². The largest absolute Gasteiger partial charge is 0.373 e. The molecule has 2 atom stereocenters. The van der Waals surface area contributed by atoms with Crippen molar-refractivity contribution in [3.05, 3.63) is 0 Å². The lowest BCUT2D eigenvalue weighted by Crippen LogP contribution is -2.43. The fraction of sp³-hybridized carbons (Fsp3) is 0.857. The normalized spacial score (nSPS) is 27.2. The summed E-state index contributed by atoms with van der Waals surface area (Å²) in [6.07, 6.45) is 0.113. The van der Waals surface area contributed by atoms with E-state index in [4.69, 9.17) is 10.1 Å². The van der Waals surface area contributed by atoms with Crippen LogP contribution in [0.25, 0.3) is 0 Å². The zero-order valence-electron chi connectivity index (χ0n) is 6.63. The molecular weight excluding hydrogens is 142 g/mol. The Labute approximate surface area is 66.2 Å². The lowest BCUT2D eigenvalue weighted by molar-refractivity contribution is 0.0169. The third-order valence-electron chi connectivity index (χ3n) is 1.76. The second kappa shape index (κ2) is 4.23. The molecule has 1 aliphatic rings. The van der Waals surface area contributed by atoms with Crippen molar-refractivity contribution in [2.75, 3.05) is 19.7 Å². The highest BCUT2D eigenvalue weighted by molar-refractivity contribution is 5.36.